The Morgan fingerprint density at radius 2 is 1.62 bits per heavy atom. The van der Waals surface area contributed by atoms with E-state index in [0.717, 1.165) is 16.3 Å². The first kappa shape index (κ1) is 16.2. The van der Waals surface area contributed by atoms with E-state index in [9.17, 15) is 13.7 Å². The van der Waals surface area contributed by atoms with Crippen molar-refractivity contribution < 1.29 is 8.42 Å². The van der Waals surface area contributed by atoms with Gasteiger partial charge in [-0.1, -0.05) is 60.2 Å². The summed E-state index contributed by atoms with van der Waals surface area (Å²) in [7, 11) is -3.78. The zero-order valence-corrected chi connectivity index (χ0v) is 13.9. The molecular formula is C19H16N2O2S. The maximum absolute atomic E-state index is 12.6. The van der Waals surface area contributed by atoms with Crippen molar-refractivity contribution in [2.24, 2.45) is 0 Å². The van der Waals surface area contributed by atoms with Crippen LogP contribution in [0.1, 0.15) is 17.2 Å². The molecule has 0 amide bonds. The highest BCUT2D eigenvalue weighted by atomic mass is 32.2. The molecule has 120 valence electrons. The Hall–Kier alpha value is -2.68. The third kappa shape index (κ3) is 3.16. The minimum absolute atomic E-state index is 0.147. The highest BCUT2D eigenvalue weighted by molar-refractivity contribution is 7.89. The average molecular weight is 336 g/mol. The smallest absolute Gasteiger partial charge is 0.207 e. The van der Waals surface area contributed by atoms with Crippen LogP contribution in [-0.2, 0) is 10.0 Å². The Morgan fingerprint density at radius 1 is 0.958 bits per heavy atom. The number of fused-ring (bicyclic) bond motifs is 1. The van der Waals surface area contributed by atoms with Crippen molar-refractivity contribution in [2.75, 3.05) is 0 Å². The standard InChI is InChI=1S/C19H16N2O2S/c1-14-9-11-16(12-10-14)24(22,23)21-19(13-20)18-8-4-6-15-5-2-3-7-17(15)18/h2-12,19,21H,1H3/t19-/m1/s1. The van der Waals surface area contributed by atoms with Crippen molar-refractivity contribution in [1.82, 2.24) is 4.72 Å². The van der Waals surface area contributed by atoms with Gasteiger partial charge in [-0.2, -0.15) is 9.98 Å². The molecule has 3 aromatic rings. The highest BCUT2D eigenvalue weighted by Crippen LogP contribution is 2.25. The Balaban J connectivity index is 2.00. The van der Waals surface area contributed by atoms with Crippen molar-refractivity contribution in [3.63, 3.8) is 0 Å². The Kier molecular flexibility index (Phi) is 4.34. The van der Waals surface area contributed by atoms with Crippen LogP contribution in [0.15, 0.2) is 71.6 Å². The Bertz CT molecular complexity index is 1010. The van der Waals surface area contributed by atoms with Gasteiger partial charge in [-0.05, 0) is 35.4 Å². The number of sulfonamides is 1. The summed E-state index contributed by atoms with van der Waals surface area (Å²) in [6.45, 7) is 1.89. The third-order valence-electron chi connectivity index (χ3n) is 3.87. The zero-order chi connectivity index (χ0) is 17.2. The maximum Gasteiger partial charge on any atom is 0.241 e. The molecule has 3 rings (SSSR count). The molecule has 1 N–H and O–H groups in total. The van der Waals surface area contributed by atoms with Gasteiger partial charge in [0.2, 0.25) is 10.0 Å². The summed E-state index contributed by atoms with van der Waals surface area (Å²) in [6.07, 6.45) is 0. The molecule has 0 bridgehead atoms. The average Bonchev–Trinajstić information content (AvgIpc) is 2.60. The molecule has 3 aromatic carbocycles. The van der Waals surface area contributed by atoms with E-state index in [1.165, 1.54) is 12.1 Å². The van der Waals surface area contributed by atoms with E-state index in [4.69, 9.17) is 0 Å². The summed E-state index contributed by atoms with van der Waals surface area (Å²) < 4.78 is 27.6. The van der Waals surface area contributed by atoms with Gasteiger partial charge in [0.15, 0.2) is 0 Å². The first-order valence-electron chi connectivity index (χ1n) is 7.47. The lowest BCUT2D eigenvalue weighted by molar-refractivity contribution is 0.576. The summed E-state index contributed by atoms with van der Waals surface area (Å²) in [6, 6.07) is 20.8. The molecule has 0 heterocycles. The monoisotopic (exact) mass is 336 g/mol. The van der Waals surface area contributed by atoms with Crippen LogP contribution in [0.4, 0.5) is 0 Å². The van der Waals surface area contributed by atoms with Gasteiger partial charge in [0, 0.05) is 0 Å². The second kappa shape index (κ2) is 6.44. The molecule has 1 atom stereocenters. The SMILES string of the molecule is Cc1ccc(S(=O)(=O)N[C@H](C#N)c2cccc3ccccc23)cc1. The van der Waals surface area contributed by atoms with E-state index in [1.54, 1.807) is 18.2 Å². The fourth-order valence-corrected chi connectivity index (χ4v) is 3.72. The molecule has 0 unspecified atom stereocenters. The Labute approximate surface area is 141 Å². The fraction of sp³-hybridized carbons (Fsp3) is 0.105. The van der Waals surface area contributed by atoms with Crippen LogP contribution in [0, 0.1) is 18.3 Å². The number of hydrogen-bond donors (Lipinski definition) is 1. The lowest BCUT2D eigenvalue weighted by atomic mass is 10.0. The highest BCUT2D eigenvalue weighted by Gasteiger charge is 2.22. The largest absolute Gasteiger partial charge is 0.241 e. The summed E-state index contributed by atoms with van der Waals surface area (Å²) in [5.74, 6) is 0. The molecule has 24 heavy (non-hydrogen) atoms. The molecule has 4 nitrogen and oxygen atoms in total. The predicted octanol–water partition coefficient (Wildman–Crippen LogP) is 3.69. The molecule has 0 fully saturated rings. The molecule has 0 spiro atoms. The van der Waals surface area contributed by atoms with Gasteiger partial charge in [0.25, 0.3) is 0 Å². The van der Waals surface area contributed by atoms with E-state index in [-0.39, 0.29) is 4.90 Å². The second-order valence-corrected chi connectivity index (χ2v) is 7.28. The van der Waals surface area contributed by atoms with E-state index in [0.29, 0.717) is 5.56 Å². The normalized spacial score (nSPS) is 12.7. The lowest BCUT2D eigenvalue weighted by Gasteiger charge is -2.15. The maximum atomic E-state index is 12.6. The van der Waals surface area contributed by atoms with Gasteiger partial charge in [0.05, 0.1) is 11.0 Å². The Morgan fingerprint density at radius 3 is 2.33 bits per heavy atom. The number of hydrogen-bond acceptors (Lipinski definition) is 3. The number of nitrogens with zero attached hydrogens (tertiary/aromatic N) is 1. The predicted molar refractivity (Wildman–Crippen MR) is 93.8 cm³/mol. The number of nitriles is 1. The number of benzene rings is 3. The molecule has 0 radical (unpaired) electrons. The second-order valence-electron chi connectivity index (χ2n) is 5.56. The van der Waals surface area contributed by atoms with Gasteiger partial charge in [-0.15, -0.1) is 0 Å². The number of rotatable bonds is 4. The molecule has 0 saturated carbocycles. The minimum Gasteiger partial charge on any atom is -0.207 e. The molecule has 0 saturated heterocycles. The van der Waals surface area contributed by atoms with Gasteiger partial charge in [-0.25, -0.2) is 8.42 Å². The van der Waals surface area contributed by atoms with Crippen molar-refractivity contribution in [1.29, 1.82) is 5.26 Å². The minimum atomic E-state index is -3.78. The first-order valence-corrected chi connectivity index (χ1v) is 8.96. The summed E-state index contributed by atoms with van der Waals surface area (Å²) in [5, 5.41) is 11.3. The topological polar surface area (TPSA) is 70.0 Å². The van der Waals surface area contributed by atoms with Gasteiger partial charge in [0.1, 0.15) is 6.04 Å². The summed E-state index contributed by atoms with van der Waals surface area (Å²) in [4.78, 5) is 0.147. The molecule has 0 aromatic heterocycles. The summed E-state index contributed by atoms with van der Waals surface area (Å²) in [5.41, 5.74) is 1.62. The van der Waals surface area contributed by atoms with Crippen LogP contribution in [0.3, 0.4) is 0 Å². The van der Waals surface area contributed by atoms with Crippen LogP contribution in [0.2, 0.25) is 0 Å². The zero-order valence-electron chi connectivity index (χ0n) is 13.1. The molecular weight excluding hydrogens is 320 g/mol. The number of nitrogens with one attached hydrogen (secondary N) is 1. The third-order valence-corrected chi connectivity index (χ3v) is 5.31. The molecule has 0 aliphatic heterocycles. The first-order chi connectivity index (χ1) is 11.5. The van der Waals surface area contributed by atoms with E-state index < -0.39 is 16.1 Å². The van der Waals surface area contributed by atoms with E-state index in [2.05, 4.69) is 10.8 Å². The van der Waals surface area contributed by atoms with Crippen molar-refractivity contribution >= 4 is 20.8 Å². The molecule has 0 aliphatic rings. The fourth-order valence-electron chi connectivity index (χ4n) is 2.60. The molecule has 0 aliphatic carbocycles. The van der Waals surface area contributed by atoms with Crippen LogP contribution in [0.25, 0.3) is 10.8 Å². The van der Waals surface area contributed by atoms with Gasteiger partial charge < -0.3 is 0 Å². The lowest BCUT2D eigenvalue weighted by Crippen LogP contribution is -2.28. The van der Waals surface area contributed by atoms with Crippen molar-refractivity contribution in [3.8, 4) is 6.07 Å². The summed E-state index contributed by atoms with van der Waals surface area (Å²) >= 11 is 0. The van der Waals surface area contributed by atoms with E-state index >= 15 is 0 Å². The van der Waals surface area contributed by atoms with Crippen LogP contribution >= 0.6 is 0 Å². The van der Waals surface area contributed by atoms with Gasteiger partial charge in [-0.3, -0.25) is 0 Å². The van der Waals surface area contributed by atoms with E-state index in [1.807, 2.05) is 43.3 Å². The van der Waals surface area contributed by atoms with Gasteiger partial charge >= 0.3 is 0 Å². The van der Waals surface area contributed by atoms with Crippen molar-refractivity contribution in [2.45, 2.75) is 17.9 Å². The van der Waals surface area contributed by atoms with Crippen molar-refractivity contribution in [3.05, 3.63) is 77.9 Å². The molecule has 5 heteroatoms. The van der Waals surface area contributed by atoms with Crippen LogP contribution in [0.5, 0.6) is 0 Å². The quantitative estimate of drug-likeness (QED) is 0.790. The van der Waals surface area contributed by atoms with Crippen LogP contribution in [-0.4, -0.2) is 8.42 Å². The number of aryl methyl sites for hydroxylation is 1. The van der Waals surface area contributed by atoms with Crippen LogP contribution < -0.4 is 4.72 Å².